The predicted octanol–water partition coefficient (Wildman–Crippen LogP) is 1.66. The third kappa shape index (κ3) is 2.59. The Hall–Kier alpha value is -0.830. The average Bonchev–Trinajstić information content (AvgIpc) is 2.45. The number of nitrogens with zero attached hydrogens (tertiary/aromatic N) is 2. The van der Waals surface area contributed by atoms with Crippen molar-refractivity contribution < 1.29 is 0 Å². The molecule has 3 nitrogen and oxygen atoms in total. The molecule has 3 heteroatoms. The van der Waals surface area contributed by atoms with Crippen LogP contribution in [0.4, 0.5) is 0 Å². The molecule has 84 valence electrons. The van der Waals surface area contributed by atoms with Gasteiger partial charge in [-0.3, -0.25) is 4.68 Å². The van der Waals surface area contributed by atoms with Gasteiger partial charge in [-0.1, -0.05) is 6.92 Å². The summed E-state index contributed by atoms with van der Waals surface area (Å²) in [6.07, 6.45) is 3.73. The van der Waals surface area contributed by atoms with E-state index < -0.39 is 0 Å². The van der Waals surface area contributed by atoms with Crippen molar-refractivity contribution in [3.63, 3.8) is 0 Å². The standard InChI is InChI=1S/C12H21N3/c1-9-4-5-13-11(6-9)8-12-7-10(2)14-15(12)3/h7,9,11,13H,4-6,8H2,1-3H3. The van der Waals surface area contributed by atoms with Crippen molar-refractivity contribution in [1.82, 2.24) is 15.1 Å². The molecular formula is C12H21N3. The van der Waals surface area contributed by atoms with Gasteiger partial charge in [-0.2, -0.15) is 5.10 Å². The second-order valence-corrected chi connectivity index (χ2v) is 4.89. The highest BCUT2D eigenvalue weighted by Crippen LogP contribution is 2.18. The highest BCUT2D eigenvalue weighted by atomic mass is 15.3. The summed E-state index contributed by atoms with van der Waals surface area (Å²) in [5, 5.41) is 7.98. The van der Waals surface area contributed by atoms with Crippen LogP contribution in [0.5, 0.6) is 0 Å². The summed E-state index contributed by atoms with van der Waals surface area (Å²) in [5.74, 6) is 0.866. The molecule has 2 unspecified atom stereocenters. The minimum atomic E-state index is 0.642. The fourth-order valence-corrected chi connectivity index (χ4v) is 2.48. The largest absolute Gasteiger partial charge is 0.314 e. The van der Waals surface area contributed by atoms with E-state index in [0.717, 1.165) is 18.0 Å². The Kier molecular flexibility index (Phi) is 3.10. The quantitative estimate of drug-likeness (QED) is 0.799. The SMILES string of the molecule is Cc1cc(CC2CC(C)CCN2)n(C)n1. The first-order valence-corrected chi connectivity index (χ1v) is 5.88. The Morgan fingerprint density at radius 1 is 1.60 bits per heavy atom. The fraction of sp³-hybridized carbons (Fsp3) is 0.750. The molecule has 15 heavy (non-hydrogen) atoms. The first-order valence-electron chi connectivity index (χ1n) is 5.88. The lowest BCUT2D eigenvalue weighted by molar-refractivity contribution is 0.315. The number of piperidine rings is 1. The maximum absolute atomic E-state index is 4.38. The summed E-state index contributed by atoms with van der Waals surface area (Å²) < 4.78 is 2.01. The Morgan fingerprint density at radius 3 is 3.00 bits per heavy atom. The molecular weight excluding hydrogens is 186 g/mol. The monoisotopic (exact) mass is 207 g/mol. The number of nitrogens with one attached hydrogen (secondary N) is 1. The zero-order valence-electron chi connectivity index (χ0n) is 9.95. The number of aromatic nitrogens is 2. The van der Waals surface area contributed by atoms with Gasteiger partial charge in [0.15, 0.2) is 0 Å². The van der Waals surface area contributed by atoms with Gasteiger partial charge in [0.25, 0.3) is 0 Å². The summed E-state index contributed by atoms with van der Waals surface area (Å²) in [4.78, 5) is 0. The van der Waals surface area contributed by atoms with E-state index >= 15 is 0 Å². The van der Waals surface area contributed by atoms with Crippen LogP contribution in [0, 0.1) is 12.8 Å². The number of hydrogen-bond donors (Lipinski definition) is 1. The second-order valence-electron chi connectivity index (χ2n) is 4.89. The molecule has 1 aromatic heterocycles. The van der Waals surface area contributed by atoms with Gasteiger partial charge < -0.3 is 5.32 Å². The molecule has 1 saturated heterocycles. The Morgan fingerprint density at radius 2 is 2.40 bits per heavy atom. The molecule has 0 radical (unpaired) electrons. The molecule has 1 aliphatic heterocycles. The molecule has 0 spiro atoms. The number of hydrogen-bond acceptors (Lipinski definition) is 2. The Bertz CT molecular complexity index is 330. The first-order chi connectivity index (χ1) is 7.15. The van der Waals surface area contributed by atoms with Gasteiger partial charge in [0, 0.05) is 25.2 Å². The molecule has 0 saturated carbocycles. The fourth-order valence-electron chi connectivity index (χ4n) is 2.48. The maximum atomic E-state index is 4.38. The average molecular weight is 207 g/mol. The van der Waals surface area contributed by atoms with Crippen LogP contribution in [-0.4, -0.2) is 22.4 Å². The lowest BCUT2D eigenvalue weighted by atomic mass is 9.92. The Balaban J connectivity index is 1.99. The topological polar surface area (TPSA) is 29.9 Å². The van der Waals surface area contributed by atoms with E-state index in [1.165, 1.54) is 25.1 Å². The van der Waals surface area contributed by atoms with Crippen molar-refractivity contribution in [3.8, 4) is 0 Å². The summed E-state index contributed by atoms with van der Waals surface area (Å²) in [6.45, 7) is 5.57. The highest BCUT2D eigenvalue weighted by Gasteiger charge is 2.19. The first kappa shape index (κ1) is 10.7. The van der Waals surface area contributed by atoms with Crippen LogP contribution in [0.25, 0.3) is 0 Å². The zero-order chi connectivity index (χ0) is 10.8. The van der Waals surface area contributed by atoms with Crippen LogP contribution in [0.1, 0.15) is 31.2 Å². The van der Waals surface area contributed by atoms with Gasteiger partial charge in [0.1, 0.15) is 0 Å². The van der Waals surface area contributed by atoms with E-state index in [1.54, 1.807) is 0 Å². The lowest BCUT2D eigenvalue weighted by Gasteiger charge is -2.28. The molecule has 0 aliphatic carbocycles. The van der Waals surface area contributed by atoms with E-state index in [9.17, 15) is 0 Å². The van der Waals surface area contributed by atoms with Crippen LogP contribution < -0.4 is 5.32 Å². The van der Waals surface area contributed by atoms with Crippen molar-refractivity contribution >= 4 is 0 Å². The molecule has 1 N–H and O–H groups in total. The predicted molar refractivity (Wildman–Crippen MR) is 61.8 cm³/mol. The van der Waals surface area contributed by atoms with Gasteiger partial charge in [-0.15, -0.1) is 0 Å². The van der Waals surface area contributed by atoms with E-state index in [-0.39, 0.29) is 0 Å². The van der Waals surface area contributed by atoms with Crippen molar-refractivity contribution in [2.45, 2.75) is 39.2 Å². The van der Waals surface area contributed by atoms with Crippen LogP contribution in [0.15, 0.2) is 6.07 Å². The van der Waals surface area contributed by atoms with Gasteiger partial charge in [-0.05, 0) is 38.3 Å². The van der Waals surface area contributed by atoms with Crippen molar-refractivity contribution in [3.05, 3.63) is 17.5 Å². The van der Waals surface area contributed by atoms with E-state index in [0.29, 0.717) is 6.04 Å². The van der Waals surface area contributed by atoms with Gasteiger partial charge >= 0.3 is 0 Å². The molecule has 1 aliphatic rings. The number of rotatable bonds is 2. The molecule has 1 aromatic rings. The third-order valence-electron chi connectivity index (χ3n) is 3.31. The lowest BCUT2D eigenvalue weighted by Crippen LogP contribution is -2.39. The molecule has 2 heterocycles. The van der Waals surface area contributed by atoms with Crippen LogP contribution >= 0.6 is 0 Å². The molecule has 0 amide bonds. The highest BCUT2D eigenvalue weighted by molar-refractivity contribution is 5.10. The van der Waals surface area contributed by atoms with Crippen molar-refractivity contribution in [2.75, 3.05) is 6.54 Å². The molecule has 0 bridgehead atoms. The van der Waals surface area contributed by atoms with Crippen molar-refractivity contribution in [1.29, 1.82) is 0 Å². The van der Waals surface area contributed by atoms with E-state index in [1.807, 2.05) is 11.7 Å². The van der Waals surface area contributed by atoms with E-state index in [4.69, 9.17) is 0 Å². The normalized spacial score (nSPS) is 26.9. The summed E-state index contributed by atoms with van der Waals surface area (Å²) in [7, 11) is 2.04. The summed E-state index contributed by atoms with van der Waals surface area (Å²) in [5.41, 5.74) is 2.47. The van der Waals surface area contributed by atoms with Crippen LogP contribution in [0.2, 0.25) is 0 Å². The molecule has 0 aromatic carbocycles. The second kappa shape index (κ2) is 4.35. The summed E-state index contributed by atoms with van der Waals surface area (Å²) >= 11 is 0. The number of aryl methyl sites for hydroxylation is 2. The molecule has 2 rings (SSSR count). The minimum absolute atomic E-state index is 0.642. The minimum Gasteiger partial charge on any atom is -0.314 e. The smallest absolute Gasteiger partial charge is 0.0596 e. The zero-order valence-corrected chi connectivity index (χ0v) is 9.95. The van der Waals surface area contributed by atoms with Crippen molar-refractivity contribution in [2.24, 2.45) is 13.0 Å². The molecule has 1 fully saturated rings. The van der Waals surface area contributed by atoms with Crippen LogP contribution in [0.3, 0.4) is 0 Å². The Labute approximate surface area is 91.9 Å². The maximum Gasteiger partial charge on any atom is 0.0596 e. The molecule has 2 atom stereocenters. The van der Waals surface area contributed by atoms with Gasteiger partial charge in [0.2, 0.25) is 0 Å². The van der Waals surface area contributed by atoms with Crippen LogP contribution in [-0.2, 0) is 13.5 Å². The van der Waals surface area contributed by atoms with Gasteiger partial charge in [-0.25, -0.2) is 0 Å². The third-order valence-corrected chi connectivity index (χ3v) is 3.31. The van der Waals surface area contributed by atoms with Gasteiger partial charge in [0.05, 0.1) is 5.69 Å². The summed E-state index contributed by atoms with van der Waals surface area (Å²) in [6, 6.07) is 2.84. The van der Waals surface area contributed by atoms with E-state index in [2.05, 4.69) is 30.3 Å².